The van der Waals surface area contributed by atoms with Gasteiger partial charge in [-0.25, -0.2) is 9.13 Å². The van der Waals surface area contributed by atoms with E-state index in [4.69, 9.17) is 0 Å². The first kappa shape index (κ1) is 22.2. The van der Waals surface area contributed by atoms with Crippen molar-refractivity contribution in [1.29, 1.82) is 0 Å². The van der Waals surface area contributed by atoms with E-state index in [1.54, 1.807) is 0 Å². The van der Waals surface area contributed by atoms with Crippen LogP contribution < -0.4 is 4.57 Å². The smallest absolute Gasteiger partial charge is 0.244 e. The van der Waals surface area contributed by atoms with Crippen molar-refractivity contribution in [2.75, 3.05) is 6.61 Å². The number of rotatable bonds is 17. The Kier molecular flexibility index (Phi) is 13.7. The van der Waals surface area contributed by atoms with E-state index >= 15 is 0 Å². The quantitative estimate of drug-likeness (QED) is 0.278. The largest absolute Gasteiger partial charge is 0.392 e. The Morgan fingerprint density at radius 3 is 1.76 bits per heavy atom. The zero-order valence-corrected chi connectivity index (χ0v) is 17.0. The molecule has 25 heavy (non-hydrogen) atoms. The van der Waals surface area contributed by atoms with Crippen LogP contribution in [0.2, 0.25) is 0 Å². The molecule has 0 aliphatic carbocycles. The van der Waals surface area contributed by atoms with Gasteiger partial charge in [0.05, 0.1) is 13.2 Å². The van der Waals surface area contributed by atoms with Gasteiger partial charge < -0.3 is 5.11 Å². The number of hydrogen-bond donors (Lipinski definition) is 1. The van der Waals surface area contributed by atoms with E-state index in [1.807, 2.05) is 6.92 Å². The first-order chi connectivity index (χ1) is 12.3. The van der Waals surface area contributed by atoms with Crippen molar-refractivity contribution in [3.05, 3.63) is 18.7 Å². The Bertz CT molecular complexity index is 402. The van der Waals surface area contributed by atoms with Gasteiger partial charge in [0.25, 0.3) is 0 Å². The van der Waals surface area contributed by atoms with Crippen LogP contribution in [0.15, 0.2) is 18.7 Å². The van der Waals surface area contributed by atoms with Gasteiger partial charge in [0.2, 0.25) is 6.33 Å². The summed E-state index contributed by atoms with van der Waals surface area (Å²) in [5.41, 5.74) is 0. The highest BCUT2D eigenvalue weighted by molar-refractivity contribution is 4.71. The minimum atomic E-state index is 0.178. The van der Waals surface area contributed by atoms with E-state index in [-0.39, 0.29) is 12.6 Å². The molecule has 1 rings (SSSR count). The van der Waals surface area contributed by atoms with Crippen molar-refractivity contribution in [3.63, 3.8) is 0 Å². The molecule has 3 nitrogen and oxygen atoms in total. The molecule has 146 valence electrons. The molecule has 0 radical (unpaired) electrons. The lowest BCUT2D eigenvalue weighted by Gasteiger charge is -2.03. The van der Waals surface area contributed by atoms with Crippen LogP contribution in [-0.4, -0.2) is 16.3 Å². The fourth-order valence-corrected chi connectivity index (χ4v) is 3.39. The summed E-state index contributed by atoms with van der Waals surface area (Å²) in [6.45, 7) is 5.63. The third-order valence-corrected chi connectivity index (χ3v) is 5.25. The molecule has 3 heteroatoms. The Labute approximate surface area is 156 Å². The fourth-order valence-electron chi connectivity index (χ4n) is 3.39. The minimum Gasteiger partial charge on any atom is -0.392 e. The summed E-state index contributed by atoms with van der Waals surface area (Å²) in [7, 11) is 0. The van der Waals surface area contributed by atoms with Crippen molar-refractivity contribution in [2.45, 2.75) is 116 Å². The van der Waals surface area contributed by atoms with Gasteiger partial charge in [-0.2, -0.15) is 0 Å². The predicted molar refractivity (Wildman–Crippen MR) is 107 cm³/mol. The van der Waals surface area contributed by atoms with Crippen molar-refractivity contribution >= 4 is 0 Å². The third kappa shape index (κ3) is 11.4. The molecular weight excluding hydrogens is 308 g/mol. The highest BCUT2D eigenvalue weighted by Crippen LogP contribution is 2.13. The average molecular weight is 352 g/mol. The van der Waals surface area contributed by atoms with E-state index in [0.29, 0.717) is 0 Å². The maximum Gasteiger partial charge on any atom is 0.244 e. The monoisotopic (exact) mass is 351 g/mol. The molecular formula is C22H43N2O+. The molecule has 1 aromatic heterocycles. The zero-order valence-electron chi connectivity index (χ0n) is 17.0. The lowest BCUT2D eigenvalue weighted by atomic mass is 10.0. The molecule has 0 aliphatic heterocycles. The maximum atomic E-state index is 9.18. The van der Waals surface area contributed by atoms with Gasteiger partial charge in [-0.05, 0) is 19.8 Å². The zero-order chi connectivity index (χ0) is 18.2. The van der Waals surface area contributed by atoms with E-state index < -0.39 is 0 Å². The van der Waals surface area contributed by atoms with Gasteiger partial charge in [0, 0.05) is 0 Å². The number of aliphatic hydroxyl groups is 1. The molecule has 0 fully saturated rings. The molecule has 1 N–H and O–H groups in total. The van der Waals surface area contributed by atoms with Gasteiger partial charge in [-0.3, -0.25) is 0 Å². The number of hydrogen-bond acceptors (Lipinski definition) is 1. The van der Waals surface area contributed by atoms with E-state index in [0.717, 1.165) is 6.54 Å². The number of aromatic nitrogens is 2. The van der Waals surface area contributed by atoms with Crippen LogP contribution in [0.4, 0.5) is 0 Å². The highest BCUT2D eigenvalue weighted by Gasteiger charge is 2.09. The first-order valence-corrected chi connectivity index (χ1v) is 10.9. The van der Waals surface area contributed by atoms with Crippen molar-refractivity contribution in [3.8, 4) is 0 Å². The first-order valence-electron chi connectivity index (χ1n) is 10.9. The van der Waals surface area contributed by atoms with E-state index in [1.165, 1.54) is 89.9 Å². The summed E-state index contributed by atoms with van der Waals surface area (Å²) in [6, 6.07) is 0.178. The Morgan fingerprint density at radius 2 is 1.28 bits per heavy atom. The molecule has 0 saturated carbocycles. The molecule has 0 aromatic carbocycles. The lowest BCUT2D eigenvalue weighted by Crippen LogP contribution is -2.31. The van der Waals surface area contributed by atoms with Gasteiger partial charge in [0.15, 0.2) is 0 Å². The van der Waals surface area contributed by atoms with Crippen molar-refractivity contribution < 1.29 is 9.67 Å². The van der Waals surface area contributed by atoms with Crippen LogP contribution in [0, 0.1) is 0 Å². The molecule has 1 aromatic rings. The molecule has 0 bridgehead atoms. The summed E-state index contributed by atoms with van der Waals surface area (Å²) < 4.78 is 4.33. The van der Waals surface area contributed by atoms with Crippen LogP contribution in [0.3, 0.4) is 0 Å². The lowest BCUT2D eigenvalue weighted by molar-refractivity contribution is -0.697. The van der Waals surface area contributed by atoms with Crippen LogP contribution in [0.1, 0.15) is 110 Å². The summed E-state index contributed by atoms with van der Waals surface area (Å²) in [5, 5.41) is 9.18. The van der Waals surface area contributed by atoms with E-state index in [2.05, 4.69) is 34.8 Å². The summed E-state index contributed by atoms with van der Waals surface area (Å²) in [4.78, 5) is 0. The molecule has 0 unspecified atom stereocenters. The second-order valence-electron chi connectivity index (χ2n) is 7.73. The fraction of sp³-hybridized carbons (Fsp3) is 0.864. The van der Waals surface area contributed by atoms with Gasteiger partial charge in [-0.1, -0.05) is 84.0 Å². The van der Waals surface area contributed by atoms with Gasteiger partial charge >= 0.3 is 0 Å². The minimum absolute atomic E-state index is 0.178. The Balaban J connectivity index is 1.84. The van der Waals surface area contributed by atoms with E-state index in [9.17, 15) is 5.11 Å². The Hall–Kier alpha value is -0.830. The van der Waals surface area contributed by atoms with Crippen LogP contribution in [0.5, 0.6) is 0 Å². The van der Waals surface area contributed by atoms with Crippen LogP contribution >= 0.6 is 0 Å². The number of unbranched alkanes of at least 4 members (excludes halogenated alkanes) is 13. The summed E-state index contributed by atoms with van der Waals surface area (Å²) in [5.74, 6) is 0. The number of imidazole rings is 1. The highest BCUT2D eigenvalue weighted by atomic mass is 16.3. The third-order valence-electron chi connectivity index (χ3n) is 5.25. The molecule has 0 saturated heterocycles. The van der Waals surface area contributed by atoms with Crippen LogP contribution in [0.25, 0.3) is 0 Å². The summed E-state index contributed by atoms with van der Waals surface area (Å²) >= 11 is 0. The molecule has 1 heterocycles. The van der Waals surface area contributed by atoms with Crippen molar-refractivity contribution in [2.24, 2.45) is 0 Å². The SMILES string of the molecule is CCCCCCCCCCCCCCCC[n+]1ccn([C@@H](C)CO)c1. The number of aryl methyl sites for hydroxylation is 1. The second-order valence-corrected chi connectivity index (χ2v) is 7.73. The molecule has 1 atom stereocenters. The Morgan fingerprint density at radius 1 is 0.800 bits per heavy atom. The van der Waals surface area contributed by atoms with Gasteiger partial charge in [0.1, 0.15) is 18.4 Å². The normalized spacial score (nSPS) is 12.6. The molecule has 0 spiro atoms. The second kappa shape index (κ2) is 15.4. The van der Waals surface area contributed by atoms with Crippen LogP contribution in [-0.2, 0) is 6.54 Å². The number of aliphatic hydroxyl groups excluding tert-OH is 1. The topological polar surface area (TPSA) is 29.0 Å². The number of nitrogens with zero attached hydrogens (tertiary/aromatic N) is 2. The molecule has 0 aliphatic rings. The predicted octanol–water partition coefficient (Wildman–Crippen LogP) is 5.81. The standard InChI is InChI=1S/C22H43N2O/c1-3-4-5-6-7-8-9-10-11-12-13-14-15-16-17-23-18-19-24(21-23)22(2)20-25/h18-19,21-22,25H,3-17,20H2,1-2H3/q+1/t22-/m0/s1. The van der Waals surface area contributed by atoms with Crippen molar-refractivity contribution in [1.82, 2.24) is 4.57 Å². The molecule has 0 amide bonds. The maximum absolute atomic E-state index is 9.18. The average Bonchev–Trinajstić information content (AvgIpc) is 3.10. The summed E-state index contributed by atoms with van der Waals surface area (Å²) in [6.07, 6.45) is 26.0. The van der Waals surface area contributed by atoms with Gasteiger partial charge in [-0.15, -0.1) is 0 Å².